The maximum Gasteiger partial charge on any atom is 0.129 e. The highest BCUT2D eigenvalue weighted by Gasteiger charge is 2.32. The van der Waals surface area contributed by atoms with Crippen molar-refractivity contribution >= 4 is 5.84 Å². The van der Waals surface area contributed by atoms with Gasteiger partial charge in [-0.05, 0) is 61.1 Å². The summed E-state index contributed by atoms with van der Waals surface area (Å²) in [7, 11) is 1.61. The van der Waals surface area contributed by atoms with E-state index < -0.39 is 0 Å². The van der Waals surface area contributed by atoms with E-state index in [0.29, 0.717) is 36.1 Å². The molecule has 0 bridgehead atoms. The molecule has 144 valence electrons. The molecule has 2 aliphatic rings. The number of amidine groups is 1. The highest BCUT2D eigenvalue weighted by molar-refractivity contribution is 6.01. The number of nitriles is 1. The second-order valence-electron chi connectivity index (χ2n) is 7.48. The molecule has 1 aliphatic carbocycles. The Kier molecular flexibility index (Phi) is 5.29. The molecular weight excluding hydrogens is 353 g/mol. The van der Waals surface area contributed by atoms with Gasteiger partial charge in [-0.15, -0.1) is 0 Å². The van der Waals surface area contributed by atoms with Crippen molar-refractivity contribution in [2.75, 3.05) is 7.11 Å². The molecule has 4 nitrogen and oxygen atoms in total. The zero-order valence-corrected chi connectivity index (χ0v) is 16.0. The summed E-state index contributed by atoms with van der Waals surface area (Å²) in [6.07, 6.45) is 5.77. The third-order valence-electron chi connectivity index (χ3n) is 5.77. The Labute approximate surface area is 165 Å². The topological polar surface area (TPSA) is 57.4 Å². The van der Waals surface area contributed by atoms with Crippen molar-refractivity contribution < 1.29 is 9.13 Å². The van der Waals surface area contributed by atoms with Crippen LogP contribution < -0.4 is 10.1 Å². The van der Waals surface area contributed by atoms with Crippen molar-refractivity contribution in [3.63, 3.8) is 0 Å². The second-order valence-corrected chi connectivity index (χ2v) is 7.48. The van der Waals surface area contributed by atoms with E-state index in [4.69, 9.17) is 15.0 Å². The standard InChI is InChI=1S/C23H24FN3O/c1-28-22-12-9-15(14-25)13-16(22)10-11-17-18(5-4-6-19(17)24)23-26-20-7-2-3-8-21(20)27-23/h4-6,9,12-13,20-21H,2-3,7-8,10-11H2,1H3,(H,26,27)/t20-,21-/m0/s1. The summed E-state index contributed by atoms with van der Waals surface area (Å²) in [6, 6.07) is 13.4. The summed E-state index contributed by atoms with van der Waals surface area (Å²) in [5, 5.41) is 12.7. The van der Waals surface area contributed by atoms with Gasteiger partial charge in [-0.1, -0.05) is 25.0 Å². The Bertz CT molecular complexity index is 947. The molecule has 0 spiro atoms. The van der Waals surface area contributed by atoms with Crippen LogP contribution in [0.15, 0.2) is 41.4 Å². The summed E-state index contributed by atoms with van der Waals surface area (Å²) >= 11 is 0. The SMILES string of the molecule is COc1ccc(C#N)cc1CCc1c(F)cccc1C1=N[C@H]2CCCC[C@@H]2N1. The molecule has 0 radical (unpaired) electrons. The van der Waals surface area contributed by atoms with Gasteiger partial charge in [0, 0.05) is 11.6 Å². The molecule has 2 aromatic carbocycles. The van der Waals surface area contributed by atoms with E-state index >= 15 is 0 Å². The van der Waals surface area contributed by atoms with Crippen LogP contribution in [-0.2, 0) is 12.8 Å². The number of methoxy groups -OCH3 is 1. The molecular formula is C23H24FN3O. The maximum atomic E-state index is 14.7. The van der Waals surface area contributed by atoms with Crippen LogP contribution in [0.25, 0.3) is 0 Å². The van der Waals surface area contributed by atoms with Crippen molar-refractivity contribution in [1.82, 2.24) is 5.32 Å². The van der Waals surface area contributed by atoms with E-state index in [0.717, 1.165) is 35.6 Å². The van der Waals surface area contributed by atoms with E-state index in [1.165, 1.54) is 18.9 Å². The molecule has 0 amide bonds. The zero-order valence-electron chi connectivity index (χ0n) is 16.0. The van der Waals surface area contributed by atoms with Gasteiger partial charge in [-0.2, -0.15) is 5.26 Å². The van der Waals surface area contributed by atoms with Crippen LogP contribution in [0.4, 0.5) is 4.39 Å². The van der Waals surface area contributed by atoms with Gasteiger partial charge in [0.25, 0.3) is 0 Å². The molecule has 0 aromatic heterocycles. The fourth-order valence-electron chi connectivity index (χ4n) is 4.30. The molecule has 5 heteroatoms. The largest absolute Gasteiger partial charge is 0.496 e. The lowest BCUT2D eigenvalue weighted by Gasteiger charge is -2.23. The lowest BCUT2D eigenvalue weighted by atomic mass is 9.92. The predicted molar refractivity (Wildman–Crippen MR) is 107 cm³/mol. The number of rotatable bonds is 5. The minimum Gasteiger partial charge on any atom is -0.496 e. The van der Waals surface area contributed by atoms with Gasteiger partial charge in [0.15, 0.2) is 0 Å². The lowest BCUT2D eigenvalue weighted by Crippen LogP contribution is -2.37. The monoisotopic (exact) mass is 377 g/mol. The zero-order chi connectivity index (χ0) is 19.5. The molecule has 1 N–H and O–H groups in total. The Morgan fingerprint density at radius 2 is 2.07 bits per heavy atom. The van der Waals surface area contributed by atoms with Gasteiger partial charge in [0.05, 0.1) is 24.8 Å². The van der Waals surface area contributed by atoms with Gasteiger partial charge in [-0.3, -0.25) is 4.99 Å². The predicted octanol–water partition coefficient (Wildman–Crippen LogP) is 4.15. The maximum absolute atomic E-state index is 14.7. The molecule has 2 atom stereocenters. The number of halogens is 1. The van der Waals surface area contributed by atoms with E-state index in [9.17, 15) is 4.39 Å². The van der Waals surface area contributed by atoms with Gasteiger partial charge in [-0.25, -0.2) is 4.39 Å². The van der Waals surface area contributed by atoms with Crippen molar-refractivity contribution in [3.8, 4) is 11.8 Å². The summed E-state index contributed by atoms with van der Waals surface area (Å²) in [5.74, 6) is 1.33. The van der Waals surface area contributed by atoms with Crippen LogP contribution in [0.2, 0.25) is 0 Å². The number of nitrogens with zero attached hydrogens (tertiary/aromatic N) is 2. The molecule has 1 aliphatic heterocycles. The Morgan fingerprint density at radius 3 is 2.86 bits per heavy atom. The van der Waals surface area contributed by atoms with Gasteiger partial charge >= 0.3 is 0 Å². The summed E-state index contributed by atoms with van der Waals surface area (Å²) in [4.78, 5) is 4.87. The fourth-order valence-corrected chi connectivity index (χ4v) is 4.30. The first-order valence-corrected chi connectivity index (χ1v) is 9.88. The fraction of sp³-hybridized carbons (Fsp3) is 0.391. The van der Waals surface area contributed by atoms with Crippen molar-refractivity contribution in [3.05, 3.63) is 64.5 Å². The van der Waals surface area contributed by atoms with Gasteiger partial charge < -0.3 is 10.1 Å². The van der Waals surface area contributed by atoms with Crippen LogP contribution in [0.3, 0.4) is 0 Å². The van der Waals surface area contributed by atoms with Crippen LogP contribution in [0.1, 0.15) is 47.9 Å². The van der Waals surface area contributed by atoms with Crippen molar-refractivity contribution in [2.24, 2.45) is 4.99 Å². The van der Waals surface area contributed by atoms with Gasteiger partial charge in [0.2, 0.25) is 0 Å². The third-order valence-corrected chi connectivity index (χ3v) is 5.77. The van der Waals surface area contributed by atoms with E-state index in [2.05, 4.69) is 11.4 Å². The molecule has 1 saturated carbocycles. The molecule has 4 rings (SSSR count). The molecule has 0 unspecified atom stereocenters. The average molecular weight is 377 g/mol. The number of aryl methyl sites for hydroxylation is 1. The molecule has 1 fully saturated rings. The van der Waals surface area contributed by atoms with E-state index in [-0.39, 0.29) is 5.82 Å². The summed E-state index contributed by atoms with van der Waals surface area (Å²) in [6.45, 7) is 0. The summed E-state index contributed by atoms with van der Waals surface area (Å²) < 4.78 is 20.2. The average Bonchev–Trinajstić information content (AvgIpc) is 3.16. The number of ether oxygens (including phenoxy) is 1. The molecule has 28 heavy (non-hydrogen) atoms. The Morgan fingerprint density at radius 1 is 1.21 bits per heavy atom. The number of nitrogens with one attached hydrogen (secondary N) is 1. The summed E-state index contributed by atoms with van der Waals surface area (Å²) in [5.41, 5.74) is 3.00. The smallest absolute Gasteiger partial charge is 0.129 e. The molecule has 1 heterocycles. The number of fused-ring (bicyclic) bond motifs is 1. The number of hydrogen-bond donors (Lipinski definition) is 1. The first-order valence-electron chi connectivity index (χ1n) is 9.88. The van der Waals surface area contributed by atoms with Crippen LogP contribution >= 0.6 is 0 Å². The first-order chi connectivity index (χ1) is 13.7. The highest BCUT2D eigenvalue weighted by atomic mass is 19.1. The Hall–Kier alpha value is -2.87. The third kappa shape index (κ3) is 3.60. The number of aliphatic imine (C=N–C) groups is 1. The van der Waals surface area contributed by atoms with Crippen LogP contribution in [0.5, 0.6) is 5.75 Å². The first kappa shape index (κ1) is 18.5. The van der Waals surface area contributed by atoms with E-state index in [1.54, 1.807) is 25.3 Å². The molecule has 2 aromatic rings. The minimum absolute atomic E-state index is 0.215. The number of hydrogen-bond acceptors (Lipinski definition) is 4. The highest BCUT2D eigenvalue weighted by Crippen LogP contribution is 2.28. The minimum atomic E-state index is -0.215. The Balaban J connectivity index is 1.60. The van der Waals surface area contributed by atoms with Crippen molar-refractivity contribution in [2.45, 2.75) is 50.6 Å². The quantitative estimate of drug-likeness (QED) is 0.851. The van der Waals surface area contributed by atoms with Crippen LogP contribution in [0, 0.1) is 17.1 Å². The molecule has 0 saturated heterocycles. The van der Waals surface area contributed by atoms with Gasteiger partial charge in [0.1, 0.15) is 17.4 Å². The normalized spacial score (nSPS) is 20.7. The lowest BCUT2D eigenvalue weighted by molar-refractivity contribution is 0.385. The second kappa shape index (κ2) is 8.02. The van der Waals surface area contributed by atoms with Crippen molar-refractivity contribution in [1.29, 1.82) is 5.26 Å². The number of benzene rings is 2. The van der Waals surface area contributed by atoms with Crippen LogP contribution in [-0.4, -0.2) is 25.0 Å². The van der Waals surface area contributed by atoms with E-state index in [1.807, 2.05) is 12.1 Å².